The van der Waals surface area contributed by atoms with Crippen LogP contribution < -0.4 is 5.32 Å². The van der Waals surface area contributed by atoms with Gasteiger partial charge in [-0.2, -0.15) is 5.10 Å². The van der Waals surface area contributed by atoms with Crippen molar-refractivity contribution in [3.63, 3.8) is 0 Å². The van der Waals surface area contributed by atoms with E-state index in [-0.39, 0.29) is 11.7 Å². The van der Waals surface area contributed by atoms with Gasteiger partial charge in [0, 0.05) is 25.0 Å². The van der Waals surface area contributed by atoms with Crippen LogP contribution in [0.15, 0.2) is 24.7 Å². The molecule has 0 unspecified atom stereocenters. The molecular formula is C12H15N5O2. The van der Waals surface area contributed by atoms with Crippen molar-refractivity contribution in [2.75, 3.05) is 5.32 Å². The molecule has 0 bridgehead atoms. The van der Waals surface area contributed by atoms with Gasteiger partial charge in [-0.25, -0.2) is 0 Å². The fourth-order valence-corrected chi connectivity index (χ4v) is 2.01. The molecule has 19 heavy (non-hydrogen) atoms. The molecule has 0 saturated carbocycles. The third-order valence-electron chi connectivity index (χ3n) is 2.89. The number of aromatic nitrogens is 3. The van der Waals surface area contributed by atoms with Gasteiger partial charge in [-0.1, -0.05) is 0 Å². The number of nitrogens with one attached hydrogen (secondary N) is 1. The highest BCUT2D eigenvalue weighted by Crippen LogP contribution is 2.27. The van der Waals surface area contributed by atoms with Crippen molar-refractivity contribution in [2.45, 2.75) is 19.9 Å². The van der Waals surface area contributed by atoms with E-state index in [9.17, 15) is 10.1 Å². The Kier molecular flexibility index (Phi) is 3.46. The van der Waals surface area contributed by atoms with Crippen molar-refractivity contribution in [3.05, 3.63) is 46.0 Å². The van der Waals surface area contributed by atoms with Gasteiger partial charge in [-0.3, -0.25) is 19.8 Å². The fourth-order valence-electron chi connectivity index (χ4n) is 2.01. The molecule has 2 aromatic heterocycles. The minimum atomic E-state index is -0.446. The summed E-state index contributed by atoms with van der Waals surface area (Å²) < 4.78 is 1.73. The molecule has 0 aliphatic rings. The zero-order valence-electron chi connectivity index (χ0n) is 11.0. The number of aryl methyl sites for hydroxylation is 2. The van der Waals surface area contributed by atoms with Crippen molar-refractivity contribution in [1.82, 2.24) is 14.8 Å². The first-order valence-corrected chi connectivity index (χ1v) is 5.84. The van der Waals surface area contributed by atoms with Crippen LogP contribution in [0.2, 0.25) is 0 Å². The van der Waals surface area contributed by atoms with Crippen LogP contribution in [0.5, 0.6) is 0 Å². The molecule has 0 aliphatic heterocycles. The number of nitro groups is 1. The van der Waals surface area contributed by atoms with Gasteiger partial charge in [-0.05, 0) is 19.9 Å². The molecule has 1 N–H and O–H groups in total. The summed E-state index contributed by atoms with van der Waals surface area (Å²) in [5.74, 6) is 0. The number of anilines is 1. The number of rotatable bonds is 4. The lowest BCUT2D eigenvalue weighted by Gasteiger charge is -2.14. The summed E-state index contributed by atoms with van der Waals surface area (Å²) in [6, 6.07) is 1.52. The van der Waals surface area contributed by atoms with Gasteiger partial charge >= 0.3 is 5.69 Å². The van der Waals surface area contributed by atoms with Crippen LogP contribution >= 0.6 is 0 Å². The smallest absolute Gasteiger partial charge is 0.310 e. The standard InChI is InChI=1S/C12H15N5O2/c1-8(10-7-16(3)15-9(10)2)14-11-4-5-13-6-12(11)17(18)19/h4-8H,1-3H3,(H,13,14)/t8-/m1/s1. The molecular weight excluding hydrogens is 246 g/mol. The summed E-state index contributed by atoms with van der Waals surface area (Å²) in [5, 5.41) is 18.3. The van der Waals surface area contributed by atoms with Crippen LogP contribution in [0.25, 0.3) is 0 Å². The van der Waals surface area contributed by atoms with E-state index in [0.717, 1.165) is 11.3 Å². The van der Waals surface area contributed by atoms with Gasteiger partial charge in [0.1, 0.15) is 11.9 Å². The predicted molar refractivity (Wildman–Crippen MR) is 70.9 cm³/mol. The van der Waals surface area contributed by atoms with Crippen molar-refractivity contribution in [3.8, 4) is 0 Å². The van der Waals surface area contributed by atoms with E-state index < -0.39 is 4.92 Å². The van der Waals surface area contributed by atoms with Crippen LogP contribution in [0.4, 0.5) is 11.4 Å². The molecule has 2 heterocycles. The zero-order valence-corrected chi connectivity index (χ0v) is 11.0. The Bertz CT molecular complexity index is 608. The quantitative estimate of drug-likeness (QED) is 0.673. The van der Waals surface area contributed by atoms with E-state index in [1.807, 2.05) is 27.1 Å². The van der Waals surface area contributed by atoms with Crippen molar-refractivity contribution >= 4 is 11.4 Å². The van der Waals surface area contributed by atoms with E-state index in [0.29, 0.717) is 5.69 Å². The molecule has 7 heteroatoms. The second-order valence-electron chi connectivity index (χ2n) is 4.36. The van der Waals surface area contributed by atoms with E-state index in [2.05, 4.69) is 15.4 Å². The maximum Gasteiger partial charge on any atom is 0.310 e. The minimum absolute atomic E-state index is 0.0316. The first-order valence-electron chi connectivity index (χ1n) is 5.84. The lowest BCUT2D eigenvalue weighted by molar-refractivity contribution is -0.384. The number of nitrogens with zero attached hydrogens (tertiary/aromatic N) is 4. The van der Waals surface area contributed by atoms with Crippen molar-refractivity contribution < 1.29 is 4.92 Å². The molecule has 0 saturated heterocycles. The average Bonchev–Trinajstić information content (AvgIpc) is 2.69. The molecule has 2 rings (SSSR count). The highest BCUT2D eigenvalue weighted by molar-refractivity contribution is 5.60. The molecule has 0 spiro atoms. The van der Waals surface area contributed by atoms with E-state index >= 15 is 0 Å². The van der Waals surface area contributed by atoms with Crippen LogP contribution in [0.3, 0.4) is 0 Å². The summed E-state index contributed by atoms with van der Waals surface area (Å²) >= 11 is 0. The molecule has 0 aromatic carbocycles. The Morgan fingerprint density at radius 2 is 2.26 bits per heavy atom. The van der Waals surface area contributed by atoms with Gasteiger partial charge < -0.3 is 5.32 Å². The third kappa shape index (κ3) is 2.70. The Morgan fingerprint density at radius 3 is 2.84 bits per heavy atom. The number of hydrogen-bond acceptors (Lipinski definition) is 5. The predicted octanol–water partition coefficient (Wildman–Crippen LogP) is 2.20. The van der Waals surface area contributed by atoms with E-state index in [1.54, 1.807) is 10.7 Å². The molecule has 1 atom stereocenters. The molecule has 0 amide bonds. The van der Waals surface area contributed by atoms with Gasteiger partial charge in [0.15, 0.2) is 0 Å². The Morgan fingerprint density at radius 1 is 1.53 bits per heavy atom. The van der Waals surface area contributed by atoms with Gasteiger partial charge in [0.05, 0.1) is 16.7 Å². The average molecular weight is 261 g/mol. The first-order chi connectivity index (χ1) is 8.99. The van der Waals surface area contributed by atoms with Crippen LogP contribution in [0, 0.1) is 17.0 Å². The second kappa shape index (κ2) is 5.05. The van der Waals surface area contributed by atoms with Crippen LogP contribution in [0.1, 0.15) is 24.2 Å². The SMILES string of the molecule is Cc1nn(C)cc1[C@@H](C)Nc1ccncc1[N+](=O)[O-]. The van der Waals surface area contributed by atoms with Crippen molar-refractivity contribution in [1.29, 1.82) is 0 Å². The summed E-state index contributed by atoms with van der Waals surface area (Å²) in [6.45, 7) is 3.85. The van der Waals surface area contributed by atoms with Gasteiger partial charge in [0.25, 0.3) is 0 Å². The summed E-state index contributed by atoms with van der Waals surface area (Å²) in [6.07, 6.45) is 4.67. The molecule has 0 radical (unpaired) electrons. The molecule has 7 nitrogen and oxygen atoms in total. The molecule has 0 fully saturated rings. The largest absolute Gasteiger partial charge is 0.373 e. The topological polar surface area (TPSA) is 85.9 Å². The fraction of sp³-hybridized carbons (Fsp3) is 0.333. The van der Waals surface area contributed by atoms with Gasteiger partial charge in [0.2, 0.25) is 0 Å². The summed E-state index contributed by atoms with van der Waals surface area (Å²) in [5.41, 5.74) is 2.33. The Labute approximate surface area is 110 Å². The monoisotopic (exact) mass is 261 g/mol. The maximum atomic E-state index is 10.9. The van der Waals surface area contributed by atoms with E-state index in [4.69, 9.17) is 0 Å². The van der Waals surface area contributed by atoms with Crippen LogP contribution in [-0.4, -0.2) is 19.7 Å². The lowest BCUT2D eigenvalue weighted by Crippen LogP contribution is -2.09. The highest BCUT2D eigenvalue weighted by Gasteiger charge is 2.17. The summed E-state index contributed by atoms with van der Waals surface area (Å²) in [7, 11) is 1.85. The Hall–Kier alpha value is -2.44. The van der Waals surface area contributed by atoms with E-state index in [1.165, 1.54) is 12.4 Å². The molecule has 100 valence electrons. The maximum absolute atomic E-state index is 10.9. The van der Waals surface area contributed by atoms with Crippen molar-refractivity contribution in [2.24, 2.45) is 7.05 Å². The Balaban J connectivity index is 2.26. The number of pyridine rings is 1. The van der Waals surface area contributed by atoms with Crippen LogP contribution in [-0.2, 0) is 7.05 Å². The third-order valence-corrected chi connectivity index (χ3v) is 2.89. The summed E-state index contributed by atoms with van der Waals surface area (Å²) in [4.78, 5) is 14.2. The lowest BCUT2D eigenvalue weighted by atomic mass is 10.1. The molecule has 2 aromatic rings. The minimum Gasteiger partial charge on any atom is -0.373 e. The number of hydrogen-bond donors (Lipinski definition) is 1. The van der Waals surface area contributed by atoms with Gasteiger partial charge in [-0.15, -0.1) is 0 Å². The molecule has 0 aliphatic carbocycles. The second-order valence-corrected chi connectivity index (χ2v) is 4.36. The highest BCUT2D eigenvalue weighted by atomic mass is 16.6. The normalized spacial score (nSPS) is 12.2. The zero-order chi connectivity index (χ0) is 14.0. The first kappa shape index (κ1) is 13.0.